The number of hydrogen-bond donors (Lipinski definition) is 0. The predicted octanol–water partition coefficient (Wildman–Crippen LogP) is 1.66. The van der Waals surface area contributed by atoms with Gasteiger partial charge in [0.05, 0.1) is 25.2 Å². The maximum absolute atomic E-state index is 12.2. The van der Waals surface area contributed by atoms with Gasteiger partial charge >= 0.3 is 0 Å². The smallest absolute Gasteiger partial charge is 0.214 e. The SMILES string of the molecule is COc1ccccc1C(=O)c1cncn1C. The minimum atomic E-state index is -0.0857. The molecule has 0 radical (unpaired) electrons. The second kappa shape index (κ2) is 4.18. The summed E-state index contributed by atoms with van der Waals surface area (Å²) in [6, 6.07) is 7.16. The number of ether oxygens (including phenoxy) is 1. The standard InChI is InChI=1S/C12H12N2O2/c1-14-8-13-7-10(14)12(15)9-5-3-4-6-11(9)16-2/h3-8H,1-2H3. The van der Waals surface area contributed by atoms with E-state index in [4.69, 9.17) is 4.74 Å². The zero-order chi connectivity index (χ0) is 11.5. The average Bonchev–Trinajstić information content (AvgIpc) is 2.74. The number of nitrogens with zero attached hydrogens (tertiary/aromatic N) is 2. The first-order valence-electron chi connectivity index (χ1n) is 4.88. The molecule has 0 aliphatic rings. The van der Waals surface area contributed by atoms with E-state index in [9.17, 15) is 4.79 Å². The molecular formula is C12H12N2O2. The molecule has 4 nitrogen and oxygen atoms in total. The highest BCUT2D eigenvalue weighted by Gasteiger charge is 2.16. The van der Waals surface area contributed by atoms with Gasteiger partial charge in [0.1, 0.15) is 11.4 Å². The Balaban J connectivity index is 2.46. The van der Waals surface area contributed by atoms with E-state index in [1.54, 1.807) is 43.4 Å². The van der Waals surface area contributed by atoms with Crippen LogP contribution >= 0.6 is 0 Å². The van der Waals surface area contributed by atoms with Crippen molar-refractivity contribution < 1.29 is 9.53 Å². The summed E-state index contributed by atoms with van der Waals surface area (Å²) in [5, 5.41) is 0. The lowest BCUT2D eigenvalue weighted by molar-refractivity contribution is 0.102. The van der Waals surface area contributed by atoms with Crippen molar-refractivity contribution in [3.8, 4) is 5.75 Å². The maximum Gasteiger partial charge on any atom is 0.214 e. The van der Waals surface area contributed by atoms with Crippen LogP contribution in [0.25, 0.3) is 0 Å². The average molecular weight is 216 g/mol. The van der Waals surface area contributed by atoms with Gasteiger partial charge in [-0.2, -0.15) is 0 Å². The first kappa shape index (κ1) is 10.4. The topological polar surface area (TPSA) is 44.1 Å². The van der Waals surface area contributed by atoms with Crippen molar-refractivity contribution >= 4 is 5.78 Å². The molecule has 0 bridgehead atoms. The van der Waals surface area contributed by atoms with Crippen LogP contribution in [0.15, 0.2) is 36.8 Å². The Bertz CT molecular complexity index is 517. The molecule has 0 fully saturated rings. The van der Waals surface area contributed by atoms with E-state index >= 15 is 0 Å². The molecule has 2 rings (SSSR count). The lowest BCUT2D eigenvalue weighted by Gasteiger charge is -2.06. The van der Waals surface area contributed by atoms with Crippen molar-refractivity contribution in [2.24, 2.45) is 7.05 Å². The van der Waals surface area contributed by atoms with Gasteiger partial charge in [0.2, 0.25) is 5.78 Å². The number of carbonyl (C=O) groups is 1. The largest absolute Gasteiger partial charge is 0.496 e. The third-order valence-electron chi connectivity index (χ3n) is 2.40. The number of hydrogen-bond acceptors (Lipinski definition) is 3. The summed E-state index contributed by atoms with van der Waals surface area (Å²) in [6.45, 7) is 0. The van der Waals surface area contributed by atoms with Gasteiger partial charge in [-0.05, 0) is 12.1 Å². The predicted molar refractivity (Wildman–Crippen MR) is 59.6 cm³/mol. The van der Waals surface area contributed by atoms with Crippen molar-refractivity contribution in [1.29, 1.82) is 0 Å². The van der Waals surface area contributed by atoms with Gasteiger partial charge in [-0.3, -0.25) is 4.79 Å². The summed E-state index contributed by atoms with van der Waals surface area (Å²) in [5.74, 6) is 0.492. The van der Waals surface area contributed by atoms with Crippen LogP contribution < -0.4 is 4.74 Å². The van der Waals surface area contributed by atoms with Crippen LogP contribution in [-0.4, -0.2) is 22.4 Å². The zero-order valence-electron chi connectivity index (χ0n) is 9.18. The van der Waals surface area contributed by atoms with Gasteiger partial charge in [-0.1, -0.05) is 12.1 Å². The molecular weight excluding hydrogens is 204 g/mol. The van der Waals surface area contributed by atoms with Crippen molar-refractivity contribution in [2.45, 2.75) is 0 Å². The fourth-order valence-corrected chi connectivity index (χ4v) is 1.55. The summed E-state index contributed by atoms with van der Waals surface area (Å²) >= 11 is 0. The van der Waals surface area contributed by atoms with Crippen molar-refractivity contribution in [3.63, 3.8) is 0 Å². The lowest BCUT2D eigenvalue weighted by Crippen LogP contribution is -2.08. The Hall–Kier alpha value is -2.10. The second-order valence-corrected chi connectivity index (χ2v) is 3.42. The Morgan fingerprint density at radius 2 is 2.12 bits per heavy atom. The fraction of sp³-hybridized carbons (Fsp3) is 0.167. The number of methoxy groups -OCH3 is 1. The highest BCUT2D eigenvalue weighted by molar-refractivity contribution is 6.09. The molecule has 82 valence electrons. The summed E-state index contributed by atoms with van der Waals surface area (Å²) in [4.78, 5) is 16.1. The monoisotopic (exact) mass is 216 g/mol. The second-order valence-electron chi connectivity index (χ2n) is 3.42. The number of carbonyl (C=O) groups excluding carboxylic acids is 1. The number of para-hydroxylation sites is 1. The molecule has 0 N–H and O–H groups in total. The molecule has 0 aliphatic carbocycles. The van der Waals surface area contributed by atoms with Crippen LogP contribution in [-0.2, 0) is 7.05 Å². The molecule has 1 aromatic carbocycles. The molecule has 1 aromatic heterocycles. The van der Waals surface area contributed by atoms with Crippen LogP contribution in [0.4, 0.5) is 0 Å². The summed E-state index contributed by atoms with van der Waals surface area (Å²) in [5.41, 5.74) is 1.10. The van der Waals surface area contributed by atoms with Crippen LogP contribution in [0.3, 0.4) is 0 Å². The van der Waals surface area contributed by atoms with Crippen LogP contribution in [0.1, 0.15) is 16.1 Å². The minimum Gasteiger partial charge on any atom is -0.496 e. The molecule has 0 spiro atoms. The van der Waals surface area contributed by atoms with E-state index in [1.165, 1.54) is 0 Å². The van der Waals surface area contributed by atoms with E-state index in [-0.39, 0.29) is 5.78 Å². The summed E-state index contributed by atoms with van der Waals surface area (Å²) in [6.07, 6.45) is 3.15. The Morgan fingerprint density at radius 1 is 1.38 bits per heavy atom. The summed E-state index contributed by atoms with van der Waals surface area (Å²) < 4.78 is 6.84. The first-order valence-corrected chi connectivity index (χ1v) is 4.88. The zero-order valence-corrected chi connectivity index (χ0v) is 9.18. The molecule has 16 heavy (non-hydrogen) atoms. The van der Waals surface area contributed by atoms with Crippen LogP contribution in [0.5, 0.6) is 5.75 Å². The minimum absolute atomic E-state index is 0.0857. The normalized spacial score (nSPS) is 10.1. The lowest BCUT2D eigenvalue weighted by atomic mass is 10.1. The Kier molecular flexibility index (Phi) is 2.72. The quantitative estimate of drug-likeness (QED) is 0.733. The highest BCUT2D eigenvalue weighted by atomic mass is 16.5. The van der Waals surface area contributed by atoms with Crippen LogP contribution in [0.2, 0.25) is 0 Å². The molecule has 0 unspecified atom stereocenters. The Labute approximate surface area is 93.5 Å². The third kappa shape index (κ3) is 1.69. The van der Waals surface area contributed by atoms with Gasteiger partial charge in [-0.25, -0.2) is 4.98 Å². The molecule has 4 heteroatoms. The highest BCUT2D eigenvalue weighted by Crippen LogP contribution is 2.20. The number of rotatable bonds is 3. The third-order valence-corrected chi connectivity index (χ3v) is 2.40. The van der Waals surface area contributed by atoms with Crippen molar-refractivity contribution in [3.05, 3.63) is 48.0 Å². The van der Waals surface area contributed by atoms with Crippen molar-refractivity contribution in [2.75, 3.05) is 7.11 Å². The molecule has 2 aromatic rings. The van der Waals surface area contributed by atoms with Crippen LogP contribution in [0, 0.1) is 0 Å². The van der Waals surface area contributed by atoms with Gasteiger partial charge in [0.25, 0.3) is 0 Å². The first-order chi connectivity index (χ1) is 7.74. The molecule has 0 atom stereocenters. The number of aryl methyl sites for hydroxylation is 1. The van der Waals surface area contributed by atoms with E-state index in [0.29, 0.717) is 17.0 Å². The number of benzene rings is 1. The van der Waals surface area contributed by atoms with E-state index in [2.05, 4.69) is 4.98 Å². The molecule has 0 aliphatic heterocycles. The number of imidazole rings is 1. The van der Waals surface area contributed by atoms with E-state index in [1.807, 2.05) is 12.1 Å². The number of ketones is 1. The molecule has 0 saturated heterocycles. The van der Waals surface area contributed by atoms with E-state index < -0.39 is 0 Å². The maximum atomic E-state index is 12.2. The molecule has 0 amide bonds. The fourth-order valence-electron chi connectivity index (χ4n) is 1.55. The molecule has 0 saturated carbocycles. The van der Waals surface area contributed by atoms with E-state index in [0.717, 1.165) is 0 Å². The van der Waals surface area contributed by atoms with Gasteiger partial charge < -0.3 is 9.30 Å². The van der Waals surface area contributed by atoms with Gasteiger partial charge in [-0.15, -0.1) is 0 Å². The van der Waals surface area contributed by atoms with Gasteiger partial charge in [0, 0.05) is 7.05 Å². The number of aromatic nitrogens is 2. The van der Waals surface area contributed by atoms with Crippen molar-refractivity contribution in [1.82, 2.24) is 9.55 Å². The molecule has 1 heterocycles. The Morgan fingerprint density at radius 3 is 2.75 bits per heavy atom. The van der Waals surface area contributed by atoms with Gasteiger partial charge in [0.15, 0.2) is 0 Å². The summed E-state index contributed by atoms with van der Waals surface area (Å²) in [7, 11) is 3.34.